The second kappa shape index (κ2) is 8.87. The molecular formula is C21H21F2N5O4. The average molecular weight is 445 g/mol. The van der Waals surface area contributed by atoms with Crippen LogP contribution in [0.3, 0.4) is 0 Å². The Morgan fingerprint density at radius 2 is 1.88 bits per heavy atom. The molecule has 2 fully saturated rings. The summed E-state index contributed by atoms with van der Waals surface area (Å²) in [5.41, 5.74) is 4.96. The van der Waals surface area contributed by atoms with Gasteiger partial charge < -0.3 is 15.0 Å². The molecule has 1 unspecified atom stereocenters. The predicted molar refractivity (Wildman–Crippen MR) is 109 cm³/mol. The molecule has 1 aromatic carbocycles. The summed E-state index contributed by atoms with van der Waals surface area (Å²) in [7, 11) is 0. The standard InChI is InChI=1S/C21H21F2N5O4/c22-17(23)19(30)27-26-18(29)13-6-7-15(24-9-13)8-16-21(12-32-16)10-28(11-21)20(31)25-14-4-2-1-3-5-14/h1-7,9,16-17H,8,10-12H2,(H,25,31)(H,26,29)(H,27,30). The van der Waals surface area contributed by atoms with Crippen molar-refractivity contribution < 1.29 is 27.9 Å². The SMILES string of the molecule is O=C(NNC(=O)C(F)F)c1ccc(CC2OCC23CN(C(=O)Nc2ccccc2)C3)nc1. The van der Waals surface area contributed by atoms with E-state index >= 15 is 0 Å². The smallest absolute Gasteiger partial charge is 0.321 e. The van der Waals surface area contributed by atoms with Gasteiger partial charge in [0.15, 0.2) is 0 Å². The Kier molecular flexibility index (Phi) is 5.99. The van der Waals surface area contributed by atoms with Gasteiger partial charge in [0.2, 0.25) is 0 Å². The molecule has 2 aromatic rings. The highest BCUT2D eigenvalue weighted by molar-refractivity contribution is 5.95. The highest BCUT2D eigenvalue weighted by Crippen LogP contribution is 2.44. The van der Waals surface area contributed by atoms with E-state index in [0.717, 1.165) is 5.69 Å². The fourth-order valence-electron chi connectivity index (χ4n) is 3.70. The molecule has 3 heterocycles. The Bertz CT molecular complexity index is 997. The third-order valence-electron chi connectivity index (χ3n) is 5.56. The molecule has 3 N–H and O–H groups in total. The molecule has 0 radical (unpaired) electrons. The number of rotatable bonds is 5. The molecule has 1 atom stereocenters. The summed E-state index contributed by atoms with van der Waals surface area (Å²) in [5.74, 6) is -2.35. The molecule has 4 rings (SSSR count). The number of carbonyl (C=O) groups excluding carboxylic acids is 3. The lowest BCUT2D eigenvalue weighted by atomic mass is 9.70. The van der Waals surface area contributed by atoms with Gasteiger partial charge in [0.05, 0.1) is 23.7 Å². The molecule has 2 aliphatic rings. The molecule has 1 spiro atoms. The van der Waals surface area contributed by atoms with Crippen molar-refractivity contribution in [3.63, 3.8) is 0 Å². The number of anilines is 1. The van der Waals surface area contributed by atoms with Crippen LogP contribution in [0.25, 0.3) is 0 Å². The minimum Gasteiger partial charge on any atom is -0.376 e. The van der Waals surface area contributed by atoms with Crippen LogP contribution in [0.15, 0.2) is 48.7 Å². The number of halogens is 2. The van der Waals surface area contributed by atoms with Crippen molar-refractivity contribution in [2.75, 3.05) is 25.0 Å². The van der Waals surface area contributed by atoms with Crippen LogP contribution in [0, 0.1) is 5.41 Å². The zero-order chi connectivity index (χ0) is 22.7. The van der Waals surface area contributed by atoms with Crippen molar-refractivity contribution in [1.29, 1.82) is 0 Å². The van der Waals surface area contributed by atoms with Gasteiger partial charge in [-0.15, -0.1) is 0 Å². The van der Waals surface area contributed by atoms with Crippen LogP contribution in [0.1, 0.15) is 16.1 Å². The summed E-state index contributed by atoms with van der Waals surface area (Å²) in [6.45, 7) is 1.73. The molecule has 1 aromatic heterocycles. The van der Waals surface area contributed by atoms with Crippen LogP contribution in [0.5, 0.6) is 0 Å². The lowest BCUT2D eigenvalue weighted by Gasteiger charge is -2.59. The van der Waals surface area contributed by atoms with E-state index in [2.05, 4.69) is 10.3 Å². The van der Waals surface area contributed by atoms with Gasteiger partial charge in [-0.25, -0.2) is 4.79 Å². The largest absolute Gasteiger partial charge is 0.376 e. The van der Waals surface area contributed by atoms with Crippen LogP contribution >= 0.6 is 0 Å². The number of benzene rings is 1. The minimum atomic E-state index is -3.22. The number of aromatic nitrogens is 1. The number of ether oxygens (including phenoxy) is 1. The van der Waals surface area contributed by atoms with E-state index in [1.54, 1.807) is 16.4 Å². The fraction of sp³-hybridized carbons (Fsp3) is 0.333. The Morgan fingerprint density at radius 3 is 2.47 bits per heavy atom. The maximum atomic E-state index is 12.4. The van der Waals surface area contributed by atoms with E-state index in [4.69, 9.17) is 4.74 Å². The lowest BCUT2D eigenvalue weighted by Crippen LogP contribution is -2.72. The molecule has 0 bridgehead atoms. The highest BCUT2D eigenvalue weighted by Gasteiger charge is 2.57. The number of para-hydroxylation sites is 1. The maximum absolute atomic E-state index is 12.4. The summed E-state index contributed by atoms with van der Waals surface area (Å²) in [6, 6.07) is 12.2. The number of alkyl halides is 2. The van der Waals surface area contributed by atoms with Crippen molar-refractivity contribution in [3.8, 4) is 0 Å². The van der Waals surface area contributed by atoms with Crippen molar-refractivity contribution >= 4 is 23.5 Å². The molecule has 11 heteroatoms. The molecule has 9 nitrogen and oxygen atoms in total. The number of hydrazine groups is 1. The highest BCUT2D eigenvalue weighted by atomic mass is 19.3. The number of pyridine rings is 1. The monoisotopic (exact) mass is 445 g/mol. The van der Waals surface area contributed by atoms with Gasteiger partial charge in [0.1, 0.15) is 0 Å². The molecule has 2 saturated heterocycles. The number of nitrogens with one attached hydrogen (secondary N) is 3. The molecule has 4 amide bonds. The number of urea groups is 1. The van der Waals surface area contributed by atoms with Crippen LogP contribution in [0.4, 0.5) is 19.3 Å². The molecular weight excluding hydrogens is 424 g/mol. The first-order chi connectivity index (χ1) is 15.4. The van der Waals surface area contributed by atoms with Crippen molar-refractivity contribution in [2.24, 2.45) is 5.41 Å². The molecule has 32 heavy (non-hydrogen) atoms. The Balaban J connectivity index is 1.26. The summed E-state index contributed by atoms with van der Waals surface area (Å²) >= 11 is 0. The van der Waals surface area contributed by atoms with E-state index in [1.807, 2.05) is 35.8 Å². The van der Waals surface area contributed by atoms with Gasteiger partial charge in [-0.2, -0.15) is 8.78 Å². The Morgan fingerprint density at radius 1 is 1.12 bits per heavy atom. The summed E-state index contributed by atoms with van der Waals surface area (Å²) in [6.07, 6.45) is -1.51. The molecule has 0 saturated carbocycles. The van der Waals surface area contributed by atoms with Crippen LogP contribution in [-0.2, 0) is 16.0 Å². The van der Waals surface area contributed by atoms with E-state index in [1.165, 1.54) is 12.3 Å². The second-order valence-corrected chi connectivity index (χ2v) is 7.80. The first kappa shape index (κ1) is 21.6. The van der Waals surface area contributed by atoms with Gasteiger partial charge in [0, 0.05) is 37.1 Å². The average Bonchev–Trinajstić information content (AvgIpc) is 2.75. The molecule has 168 valence electrons. The summed E-state index contributed by atoms with van der Waals surface area (Å²) < 4.78 is 30.0. The van der Waals surface area contributed by atoms with Crippen molar-refractivity contribution in [2.45, 2.75) is 19.0 Å². The van der Waals surface area contributed by atoms with E-state index in [9.17, 15) is 23.2 Å². The molecule has 0 aliphatic carbocycles. The van der Waals surface area contributed by atoms with E-state index < -0.39 is 18.2 Å². The maximum Gasteiger partial charge on any atom is 0.321 e. The van der Waals surface area contributed by atoms with Gasteiger partial charge in [-0.1, -0.05) is 18.2 Å². The van der Waals surface area contributed by atoms with Gasteiger partial charge >= 0.3 is 18.4 Å². The van der Waals surface area contributed by atoms with Gasteiger partial charge in [0.25, 0.3) is 5.91 Å². The quantitative estimate of drug-likeness (QED) is 0.605. The van der Waals surface area contributed by atoms with Gasteiger partial charge in [-0.05, 0) is 24.3 Å². The third-order valence-corrected chi connectivity index (χ3v) is 5.56. The zero-order valence-corrected chi connectivity index (χ0v) is 16.9. The number of amides is 4. The third kappa shape index (κ3) is 4.52. The van der Waals surface area contributed by atoms with Crippen LogP contribution in [-0.4, -0.2) is 60.0 Å². The Hall–Kier alpha value is -3.60. The van der Waals surface area contributed by atoms with Crippen molar-refractivity contribution in [1.82, 2.24) is 20.7 Å². The van der Waals surface area contributed by atoms with E-state index in [-0.39, 0.29) is 23.1 Å². The van der Waals surface area contributed by atoms with Crippen LogP contribution in [0.2, 0.25) is 0 Å². The second-order valence-electron chi connectivity index (χ2n) is 7.80. The van der Waals surface area contributed by atoms with Gasteiger partial charge in [-0.3, -0.25) is 25.4 Å². The fourth-order valence-corrected chi connectivity index (χ4v) is 3.70. The first-order valence-corrected chi connectivity index (χ1v) is 9.92. The minimum absolute atomic E-state index is 0.0965. The first-order valence-electron chi connectivity index (χ1n) is 9.92. The predicted octanol–water partition coefficient (Wildman–Crippen LogP) is 1.58. The molecule has 2 aliphatic heterocycles. The van der Waals surface area contributed by atoms with Crippen molar-refractivity contribution in [3.05, 3.63) is 59.9 Å². The Labute approximate surface area is 182 Å². The summed E-state index contributed by atoms with van der Waals surface area (Å²) in [5, 5.41) is 2.86. The van der Waals surface area contributed by atoms with E-state index in [0.29, 0.717) is 31.8 Å². The number of nitrogens with zero attached hydrogens (tertiary/aromatic N) is 2. The normalized spacial score (nSPS) is 18.5. The van der Waals surface area contributed by atoms with Crippen LogP contribution < -0.4 is 16.2 Å². The lowest BCUT2D eigenvalue weighted by molar-refractivity contribution is -0.234. The topological polar surface area (TPSA) is 113 Å². The zero-order valence-electron chi connectivity index (χ0n) is 16.9. The number of hydrogen-bond donors (Lipinski definition) is 3. The number of likely N-dealkylation sites (tertiary alicyclic amines) is 1. The number of carbonyl (C=O) groups is 3. The summed E-state index contributed by atoms with van der Waals surface area (Å²) in [4.78, 5) is 41.0. The number of hydrogen-bond acceptors (Lipinski definition) is 5.